The van der Waals surface area contributed by atoms with Gasteiger partial charge in [-0.25, -0.2) is 9.97 Å². The van der Waals surface area contributed by atoms with Crippen molar-refractivity contribution in [2.75, 3.05) is 5.73 Å². The molecule has 0 saturated heterocycles. The standard InChI is InChI=1S/C9H11N3S2/c1-3-7-11-5(2)8(14-7)6-4-13-9(10)12-6/h4H,3H2,1-2H3,(H2,10,12). The number of nitrogens with two attached hydrogens (primary N) is 1. The molecule has 0 saturated carbocycles. The first-order chi connectivity index (χ1) is 6.70. The minimum Gasteiger partial charge on any atom is -0.375 e. The molecule has 0 spiro atoms. The third-order valence-electron chi connectivity index (χ3n) is 1.90. The van der Waals surface area contributed by atoms with Crippen LogP contribution < -0.4 is 5.73 Å². The number of aryl methyl sites for hydroxylation is 2. The molecule has 2 aromatic heterocycles. The maximum atomic E-state index is 5.60. The molecule has 0 aromatic carbocycles. The molecule has 0 bridgehead atoms. The van der Waals surface area contributed by atoms with Crippen LogP contribution in [0.4, 0.5) is 5.13 Å². The summed E-state index contributed by atoms with van der Waals surface area (Å²) in [4.78, 5) is 9.86. The van der Waals surface area contributed by atoms with E-state index in [0.717, 1.165) is 27.7 Å². The van der Waals surface area contributed by atoms with Gasteiger partial charge >= 0.3 is 0 Å². The molecule has 0 fully saturated rings. The van der Waals surface area contributed by atoms with E-state index >= 15 is 0 Å². The average molecular weight is 225 g/mol. The van der Waals surface area contributed by atoms with Crippen LogP contribution in [-0.4, -0.2) is 9.97 Å². The lowest BCUT2D eigenvalue weighted by Crippen LogP contribution is -1.82. The van der Waals surface area contributed by atoms with E-state index in [9.17, 15) is 0 Å². The van der Waals surface area contributed by atoms with Crippen LogP contribution in [0, 0.1) is 6.92 Å². The number of nitrogens with zero attached hydrogens (tertiary/aromatic N) is 2. The highest BCUT2D eigenvalue weighted by Crippen LogP contribution is 2.31. The Balaban J connectivity index is 2.45. The Hall–Kier alpha value is -0.940. The Labute approximate surface area is 90.6 Å². The van der Waals surface area contributed by atoms with Gasteiger partial charge in [-0.15, -0.1) is 22.7 Å². The summed E-state index contributed by atoms with van der Waals surface area (Å²) in [5.74, 6) is 0. The minimum absolute atomic E-state index is 0.617. The zero-order chi connectivity index (χ0) is 10.1. The zero-order valence-electron chi connectivity index (χ0n) is 8.07. The van der Waals surface area contributed by atoms with Crippen molar-refractivity contribution in [3.63, 3.8) is 0 Å². The molecule has 0 radical (unpaired) electrons. The van der Waals surface area contributed by atoms with Crippen LogP contribution in [0.3, 0.4) is 0 Å². The molecule has 0 atom stereocenters. The second kappa shape index (κ2) is 3.67. The lowest BCUT2D eigenvalue weighted by atomic mass is 10.3. The summed E-state index contributed by atoms with van der Waals surface area (Å²) in [7, 11) is 0. The fourth-order valence-corrected chi connectivity index (χ4v) is 2.83. The number of rotatable bonds is 2. The van der Waals surface area contributed by atoms with E-state index in [-0.39, 0.29) is 0 Å². The molecule has 2 rings (SSSR count). The largest absolute Gasteiger partial charge is 0.375 e. The van der Waals surface area contributed by atoms with Gasteiger partial charge in [-0.1, -0.05) is 6.92 Å². The van der Waals surface area contributed by atoms with E-state index in [2.05, 4.69) is 16.9 Å². The van der Waals surface area contributed by atoms with Crippen molar-refractivity contribution in [1.29, 1.82) is 0 Å². The van der Waals surface area contributed by atoms with E-state index in [1.807, 2.05) is 12.3 Å². The van der Waals surface area contributed by atoms with Crippen molar-refractivity contribution in [2.45, 2.75) is 20.3 Å². The lowest BCUT2D eigenvalue weighted by Gasteiger charge is -1.89. The topological polar surface area (TPSA) is 51.8 Å². The summed E-state index contributed by atoms with van der Waals surface area (Å²) < 4.78 is 0. The minimum atomic E-state index is 0.617. The fourth-order valence-electron chi connectivity index (χ4n) is 1.23. The number of hydrogen-bond acceptors (Lipinski definition) is 5. The van der Waals surface area contributed by atoms with Gasteiger partial charge in [0.2, 0.25) is 0 Å². The van der Waals surface area contributed by atoms with E-state index < -0.39 is 0 Å². The van der Waals surface area contributed by atoms with Crippen LogP contribution in [-0.2, 0) is 6.42 Å². The smallest absolute Gasteiger partial charge is 0.180 e. The molecule has 0 aliphatic heterocycles. The van der Waals surface area contributed by atoms with Crippen molar-refractivity contribution in [2.24, 2.45) is 0 Å². The lowest BCUT2D eigenvalue weighted by molar-refractivity contribution is 1.07. The van der Waals surface area contributed by atoms with Gasteiger partial charge in [0, 0.05) is 5.38 Å². The first-order valence-corrected chi connectivity index (χ1v) is 6.08. The van der Waals surface area contributed by atoms with Crippen LogP contribution in [0.25, 0.3) is 10.6 Å². The van der Waals surface area contributed by atoms with Gasteiger partial charge in [0.15, 0.2) is 5.13 Å². The van der Waals surface area contributed by atoms with Gasteiger partial charge in [0.1, 0.15) is 0 Å². The second-order valence-electron chi connectivity index (χ2n) is 2.95. The predicted molar refractivity (Wildman–Crippen MR) is 61.7 cm³/mol. The zero-order valence-corrected chi connectivity index (χ0v) is 9.71. The van der Waals surface area contributed by atoms with Gasteiger partial charge in [-0.05, 0) is 13.3 Å². The molecule has 2 heterocycles. The molecule has 0 aliphatic carbocycles. The molecule has 74 valence electrons. The van der Waals surface area contributed by atoms with Crippen molar-refractivity contribution in [1.82, 2.24) is 9.97 Å². The van der Waals surface area contributed by atoms with Gasteiger partial charge in [-0.2, -0.15) is 0 Å². The normalized spacial score (nSPS) is 10.7. The van der Waals surface area contributed by atoms with Gasteiger partial charge < -0.3 is 5.73 Å². The first-order valence-electron chi connectivity index (χ1n) is 4.38. The third-order valence-corrected chi connectivity index (χ3v) is 3.90. The Bertz CT molecular complexity index is 445. The summed E-state index contributed by atoms with van der Waals surface area (Å²) in [6.07, 6.45) is 0.977. The average Bonchev–Trinajstić information content (AvgIpc) is 2.71. The van der Waals surface area contributed by atoms with Crippen LogP contribution in [0.15, 0.2) is 5.38 Å². The summed E-state index contributed by atoms with van der Waals surface area (Å²) in [6.45, 7) is 4.12. The van der Waals surface area contributed by atoms with E-state index in [4.69, 9.17) is 5.73 Å². The maximum absolute atomic E-state index is 5.60. The molecule has 2 N–H and O–H groups in total. The Morgan fingerprint density at radius 2 is 2.21 bits per heavy atom. The highest BCUT2D eigenvalue weighted by molar-refractivity contribution is 7.16. The quantitative estimate of drug-likeness (QED) is 0.855. The molecule has 0 unspecified atom stereocenters. The monoisotopic (exact) mass is 225 g/mol. The van der Waals surface area contributed by atoms with Gasteiger partial charge in [-0.3, -0.25) is 0 Å². The summed E-state index contributed by atoms with van der Waals surface area (Å²) in [5.41, 5.74) is 7.61. The van der Waals surface area contributed by atoms with E-state index in [0.29, 0.717) is 5.13 Å². The van der Waals surface area contributed by atoms with Crippen LogP contribution in [0.2, 0.25) is 0 Å². The summed E-state index contributed by atoms with van der Waals surface area (Å²) in [5, 5.41) is 3.75. The highest BCUT2D eigenvalue weighted by Gasteiger charge is 2.11. The number of nitrogen functional groups attached to an aromatic ring is 1. The molecule has 5 heteroatoms. The number of hydrogen-bond donors (Lipinski definition) is 1. The fraction of sp³-hybridized carbons (Fsp3) is 0.333. The van der Waals surface area contributed by atoms with Gasteiger partial charge in [0.25, 0.3) is 0 Å². The summed E-state index contributed by atoms with van der Waals surface area (Å²) in [6, 6.07) is 0. The number of thiazole rings is 2. The van der Waals surface area contributed by atoms with Crippen molar-refractivity contribution >= 4 is 27.8 Å². The third kappa shape index (κ3) is 1.65. The van der Waals surface area contributed by atoms with E-state index in [1.165, 1.54) is 11.3 Å². The predicted octanol–water partition coefficient (Wildman–Crippen LogP) is 2.72. The summed E-state index contributed by atoms with van der Waals surface area (Å²) >= 11 is 3.17. The molecular weight excluding hydrogens is 214 g/mol. The van der Waals surface area contributed by atoms with E-state index in [1.54, 1.807) is 11.3 Å². The molecule has 2 aromatic rings. The van der Waals surface area contributed by atoms with Crippen LogP contribution in [0.5, 0.6) is 0 Å². The molecule has 14 heavy (non-hydrogen) atoms. The Kier molecular flexibility index (Phi) is 2.52. The SMILES string of the molecule is CCc1nc(C)c(-c2csc(N)n2)s1. The molecule has 0 aliphatic rings. The Morgan fingerprint density at radius 1 is 1.43 bits per heavy atom. The molecular formula is C9H11N3S2. The molecule has 3 nitrogen and oxygen atoms in total. The van der Waals surface area contributed by atoms with Crippen LogP contribution in [0.1, 0.15) is 17.6 Å². The van der Waals surface area contributed by atoms with Crippen LogP contribution >= 0.6 is 22.7 Å². The maximum Gasteiger partial charge on any atom is 0.180 e. The number of anilines is 1. The second-order valence-corrected chi connectivity index (χ2v) is 4.92. The first kappa shape index (κ1) is 9.61. The van der Waals surface area contributed by atoms with Gasteiger partial charge in [0.05, 0.1) is 21.3 Å². The van der Waals surface area contributed by atoms with Crippen molar-refractivity contribution < 1.29 is 0 Å². The Morgan fingerprint density at radius 3 is 2.71 bits per heavy atom. The highest BCUT2D eigenvalue weighted by atomic mass is 32.1. The molecule has 0 amide bonds. The van der Waals surface area contributed by atoms with Crippen molar-refractivity contribution in [3.05, 3.63) is 16.1 Å². The number of aromatic nitrogens is 2. The van der Waals surface area contributed by atoms with Crippen molar-refractivity contribution in [3.8, 4) is 10.6 Å².